The minimum atomic E-state index is -0.159. The second-order valence-electron chi connectivity index (χ2n) is 8.92. The van der Waals surface area contributed by atoms with Gasteiger partial charge in [-0.1, -0.05) is 38.3 Å². The zero-order valence-electron chi connectivity index (χ0n) is 17.9. The molecule has 1 aromatic rings. The third-order valence-corrected chi connectivity index (χ3v) is 6.62. The van der Waals surface area contributed by atoms with Crippen molar-refractivity contribution < 1.29 is 14.4 Å². The van der Waals surface area contributed by atoms with Gasteiger partial charge in [0, 0.05) is 31.7 Å². The van der Waals surface area contributed by atoms with Crippen molar-refractivity contribution in [3.8, 4) is 0 Å². The maximum Gasteiger partial charge on any atom is 0.278 e. The lowest BCUT2D eigenvalue weighted by molar-refractivity contribution is -0.141. The molecule has 4 rings (SSSR count). The predicted molar refractivity (Wildman–Crippen MR) is 116 cm³/mol. The van der Waals surface area contributed by atoms with E-state index in [0.29, 0.717) is 22.9 Å². The van der Waals surface area contributed by atoms with Crippen molar-refractivity contribution in [2.24, 2.45) is 5.92 Å². The fraction of sp³-hybridized carbons (Fsp3) is 0.542. The van der Waals surface area contributed by atoms with Gasteiger partial charge in [0.2, 0.25) is 5.91 Å². The smallest absolute Gasteiger partial charge is 0.278 e. The molecule has 2 aliphatic heterocycles. The maximum absolute atomic E-state index is 13.5. The van der Waals surface area contributed by atoms with Crippen LogP contribution in [0, 0.1) is 5.92 Å². The molecule has 1 N–H and O–H groups in total. The number of amides is 3. The summed E-state index contributed by atoms with van der Waals surface area (Å²) in [4.78, 5) is 42.1. The molecule has 0 spiro atoms. The molecule has 3 aliphatic rings. The van der Waals surface area contributed by atoms with E-state index in [-0.39, 0.29) is 23.8 Å². The van der Waals surface area contributed by atoms with Crippen LogP contribution in [0.4, 0.5) is 5.69 Å². The lowest BCUT2D eigenvalue weighted by atomic mass is 9.94. The van der Waals surface area contributed by atoms with Crippen LogP contribution in [0.1, 0.15) is 64.4 Å². The first kappa shape index (κ1) is 20.6. The Hall–Kier alpha value is -2.63. The van der Waals surface area contributed by atoms with E-state index in [4.69, 9.17) is 0 Å². The molecular formula is C24H31N3O3. The number of hydrogen-bond acceptors (Lipinski definition) is 4. The standard InChI is InChI=1S/C24H31N3O3/c1-16-12-14-26(15-13-16)22-21(18-8-10-19(11-9-18)25-17(2)28)23(29)27(24(22)30)20-6-4-3-5-7-20/h8-11,16,20H,3-7,12-15H2,1-2H3,(H,25,28). The van der Waals surface area contributed by atoms with E-state index in [1.54, 1.807) is 17.0 Å². The Balaban J connectivity index is 1.70. The summed E-state index contributed by atoms with van der Waals surface area (Å²) in [6.45, 7) is 5.32. The van der Waals surface area contributed by atoms with Gasteiger partial charge in [-0.25, -0.2) is 0 Å². The second kappa shape index (κ2) is 8.62. The normalized spacial score (nSPS) is 21.5. The van der Waals surface area contributed by atoms with Crippen LogP contribution in [0.25, 0.3) is 5.57 Å². The third kappa shape index (κ3) is 4.00. The molecular weight excluding hydrogens is 378 g/mol. The van der Waals surface area contributed by atoms with E-state index in [2.05, 4.69) is 17.1 Å². The van der Waals surface area contributed by atoms with E-state index in [0.717, 1.165) is 57.2 Å². The SMILES string of the molecule is CC(=O)Nc1ccc(C2=C(N3CCC(C)CC3)C(=O)N(C3CCCCC3)C2=O)cc1. The van der Waals surface area contributed by atoms with Crippen LogP contribution in [0.15, 0.2) is 30.0 Å². The second-order valence-corrected chi connectivity index (χ2v) is 8.92. The molecule has 6 heteroatoms. The van der Waals surface area contributed by atoms with Crippen LogP contribution in [0.3, 0.4) is 0 Å². The van der Waals surface area contributed by atoms with Crippen molar-refractivity contribution >= 4 is 29.0 Å². The lowest BCUT2D eigenvalue weighted by Gasteiger charge is -2.34. The van der Waals surface area contributed by atoms with Crippen molar-refractivity contribution in [1.29, 1.82) is 0 Å². The molecule has 0 atom stereocenters. The van der Waals surface area contributed by atoms with Crippen LogP contribution < -0.4 is 5.32 Å². The summed E-state index contributed by atoms with van der Waals surface area (Å²) in [6, 6.07) is 7.26. The minimum absolute atomic E-state index is 0.00798. The average Bonchev–Trinajstić information content (AvgIpc) is 2.99. The summed E-state index contributed by atoms with van der Waals surface area (Å²) >= 11 is 0. The Kier molecular flexibility index (Phi) is 5.93. The van der Waals surface area contributed by atoms with Crippen LogP contribution in [0.2, 0.25) is 0 Å². The summed E-state index contributed by atoms with van der Waals surface area (Å²) in [7, 11) is 0. The molecule has 30 heavy (non-hydrogen) atoms. The van der Waals surface area contributed by atoms with Gasteiger partial charge in [0.25, 0.3) is 11.8 Å². The Morgan fingerprint density at radius 1 is 0.933 bits per heavy atom. The predicted octanol–water partition coefficient (Wildman–Crippen LogP) is 3.79. The number of anilines is 1. The van der Waals surface area contributed by atoms with Crippen molar-refractivity contribution in [3.05, 3.63) is 35.5 Å². The highest BCUT2D eigenvalue weighted by molar-refractivity contribution is 6.35. The number of likely N-dealkylation sites (tertiary alicyclic amines) is 1. The topological polar surface area (TPSA) is 69.7 Å². The molecule has 0 aromatic heterocycles. The van der Waals surface area contributed by atoms with Crippen molar-refractivity contribution in [2.75, 3.05) is 18.4 Å². The summed E-state index contributed by atoms with van der Waals surface area (Å²) in [5, 5.41) is 2.75. The number of piperidine rings is 1. The minimum Gasteiger partial charge on any atom is -0.366 e. The Morgan fingerprint density at radius 3 is 2.17 bits per heavy atom. The molecule has 0 radical (unpaired) electrons. The number of nitrogens with zero attached hydrogens (tertiary/aromatic N) is 2. The fourth-order valence-corrected chi connectivity index (χ4v) is 4.92. The van der Waals surface area contributed by atoms with Gasteiger partial charge in [0.05, 0.1) is 5.57 Å². The number of benzene rings is 1. The van der Waals surface area contributed by atoms with Gasteiger partial charge in [-0.2, -0.15) is 0 Å². The number of carbonyl (C=O) groups excluding carboxylic acids is 3. The number of nitrogens with one attached hydrogen (secondary N) is 1. The van der Waals surface area contributed by atoms with Crippen LogP contribution in [0.5, 0.6) is 0 Å². The molecule has 160 valence electrons. The average molecular weight is 410 g/mol. The highest BCUT2D eigenvalue weighted by Crippen LogP contribution is 2.37. The molecule has 1 aliphatic carbocycles. The van der Waals surface area contributed by atoms with Gasteiger partial charge in [-0.3, -0.25) is 19.3 Å². The Morgan fingerprint density at radius 2 is 1.57 bits per heavy atom. The highest BCUT2D eigenvalue weighted by atomic mass is 16.2. The zero-order valence-corrected chi connectivity index (χ0v) is 17.9. The Labute approximate surface area is 178 Å². The van der Waals surface area contributed by atoms with Gasteiger partial charge in [0.15, 0.2) is 0 Å². The van der Waals surface area contributed by atoms with Gasteiger partial charge >= 0.3 is 0 Å². The monoisotopic (exact) mass is 409 g/mol. The molecule has 2 heterocycles. The third-order valence-electron chi connectivity index (χ3n) is 6.62. The molecule has 0 bridgehead atoms. The van der Waals surface area contributed by atoms with E-state index in [1.807, 2.05) is 12.1 Å². The number of hydrogen-bond donors (Lipinski definition) is 1. The van der Waals surface area contributed by atoms with Gasteiger partial charge in [0.1, 0.15) is 5.70 Å². The first-order valence-corrected chi connectivity index (χ1v) is 11.2. The van der Waals surface area contributed by atoms with Gasteiger partial charge < -0.3 is 10.2 Å². The number of carbonyl (C=O) groups is 3. The fourth-order valence-electron chi connectivity index (χ4n) is 4.92. The van der Waals surface area contributed by atoms with E-state index < -0.39 is 0 Å². The van der Waals surface area contributed by atoms with Crippen LogP contribution >= 0.6 is 0 Å². The van der Waals surface area contributed by atoms with Crippen molar-refractivity contribution in [3.63, 3.8) is 0 Å². The molecule has 3 amide bonds. The molecule has 1 saturated heterocycles. The molecule has 1 aromatic carbocycles. The van der Waals surface area contributed by atoms with E-state index >= 15 is 0 Å². The largest absolute Gasteiger partial charge is 0.366 e. The van der Waals surface area contributed by atoms with Crippen LogP contribution in [-0.2, 0) is 14.4 Å². The van der Waals surface area contributed by atoms with E-state index in [1.165, 1.54) is 13.3 Å². The zero-order chi connectivity index (χ0) is 21.3. The quantitative estimate of drug-likeness (QED) is 0.768. The lowest BCUT2D eigenvalue weighted by Crippen LogP contribution is -2.44. The first-order chi connectivity index (χ1) is 14.5. The molecule has 2 fully saturated rings. The number of imide groups is 1. The maximum atomic E-state index is 13.5. The number of rotatable bonds is 4. The first-order valence-electron chi connectivity index (χ1n) is 11.2. The molecule has 1 saturated carbocycles. The summed E-state index contributed by atoms with van der Waals surface area (Å²) in [5.41, 5.74) is 2.52. The van der Waals surface area contributed by atoms with Crippen LogP contribution in [-0.4, -0.2) is 46.7 Å². The van der Waals surface area contributed by atoms with Crippen molar-refractivity contribution in [1.82, 2.24) is 9.80 Å². The van der Waals surface area contributed by atoms with Gasteiger partial charge in [-0.15, -0.1) is 0 Å². The molecule has 0 unspecified atom stereocenters. The highest BCUT2D eigenvalue weighted by Gasteiger charge is 2.45. The summed E-state index contributed by atoms with van der Waals surface area (Å²) in [5.74, 6) is 0.222. The van der Waals surface area contributed by atoms with Gasteiger partial charge in [-0.05, 0) is 49.3 Å². The van der Waals surface area contributed by atoms with E-state index in [9.17, 15) is 14.4 Å². The summed E-state index contributed by atoms with van der Waals surface area (Å²) in [6.07, 6.45) is 7.17. The summed E-state index contributed by atoms with van der Waals surface area (Å²) < 4.78 is 0. The van der Waals surface area contributed by atoms with Crippen molar-refractivity contribution in [2.45, 2.75) is 64.8 Å². The Bertz CT molecular complexity index is 860. The molecule has 6 nitrogen and oxygen atoms in total.